The minimum atomic E-state index is -0.904. The fraction of sp³-hybridized carbons (Fsp3) is 0.308. The molecule has 0 spiro atoms. The van der Waals surface area contributed by atoms with Crippen molar-refractivity contribution in [1.82, 2.24) is 0 Å². The van der Waals surface area contributed by atoms with Crippen molar-refractivity contribution in [2.75, 3.05) is 0 Å². The fourth-order valence-corrected chi connectivity index (χ4v) is 1.31. The van der Waals surface area contributed by atoms with Crippen LogP contribution in [0, 0.1) is 11.3 Å². The van der Waals surface area contributed by atoms with Gasteiger partial charge >= 0.3 is 5.97 Å². The first-order valence-electron chi connectivity index (χ1n) is 5.50. The highest BCUT2D eigenvalue weighted by molar-refractivity contribution is 5.81. The Balaban J connectivity index is 2.43. The highest BCUT2D eigenvalue weighted by Crippen LogP contribution is 2.07. The summed E-state index contributed by atoms with van der Waals surface area (Å²) in [7, 11) is 0. The van der Waals surface area contributed by atoms with E-state index in [-0.39, 0.29) is 6.42 Å². The van der Waals surface area contributed by atoms with Gasteiger partial charge < -0.3 is 10.5 Å². The minimum Gasteiger partial charge on any atom is -0.453 e. The van der Waals surface area contributed by atoms with Crippen molar-refractivity contribution >= 4 is 11.9 Å². The fourth-order valence-electron chi connectivity index (χ4n) is 1.31. The normalized spacial score (nSPS) is 11.3. The zero-order valence-corrected chi connectivity index (χ0v) is 10.1. The largest absolute Gasteiger partial charge is 0.453 e. The number of nitrogens with zero attached hydrogens (tertiary/aromatic N) is 1. The van der Waals surface area contributed by atoms with Gasteiger partial charge in [-0.05, 0) is 31.0 Å². The predicted molar refractivity (Wildman–Crippen MR) is 64.2 cm³/mol. The zero-order chi connectivity index (χ0) is 13.5. The summed E-state index contributed by atoms with van der Waals surface area (Å²) in [5, 5.41) is 8.63. The van der Waals surface area contributed by atoms with Crippen molar-refractivity contribution in [3.8, 4) is 6.07 Å². The van der Waals surface area contributed by atoms with E-state index in [0.717, 1.165) is 5.56 Å². The molecule has 0 aliphatic carbocycles. The molecule has 0 bridgehead atoms. The third kappa shape index (κ3) is 4.26. The van der Waals surface area contributed by atoms with E-state index in [0.29, 0.717) is 12.0 Å². The number of primary amides is 1. The highest BCUT2D eigenvalue weighted by Gasteiger charge is 2.14. The molecule has 1 amide bonds. The Morgan fingerprint density at radius 1 is 1.39 bits per heavy atom. The Morgan fingerprint density at radius 2 is 2.00 bits per heavy atom. The SMILES string of the molecule is C[C@H](OC(=O)CCc1ccc(C#N)cc1)C(N)=O. The van der Waals surface area contributed by atoms with Crippen LogP contribution in [0.2, 0.25) is 0 Å². The number of hydrogen-bond donors (Lipinski definition) is 1. The van der Waals surface area contributed by atoms with Gasteiger partial charge in [-0.15, -0.1) is 0 Å². The number of amides is 1. The van der Waals surface area contributed by atoms with Crippen LogP contribution in [0.15, 0.2) is 24.3 Å². The first-order valence-corrected chi connectivity index (χ1v) is 5.50. The van der Waals surface area contributed by atoms with Crippen LogP contribution in [0.1, 0.15) is 24.5 Å². The molecule has 0 saturated carbocycles. The van der Waals surface area contributed by atoms with Crippen molar-refractivity contribution in [1.29, 1.82) is 5.26 Å². The monoisotopic (exact) mass is 246 g/mol. The lowest BCUT2D eigenvalue weighted by molar-refractivity contribution is -0.153. The smallest absolute Gasteiger partial charge is 0.306 e. The second-order valence-electron chi connectivity index (χ2n) is 3.84. The molecule has 0 aliphatic heterocycles. The molecule has 1 aromatic rings. The molecule has 0 heterocycles. The van der Waals surface area contributed by atoms with Crippen LogP contribution in [-0.4, -0.2) is 18.0 Å². The van der Waals surface area contributed by atoms with Crippen LogP contribution in [-0.2, 0) is 20.7 Å². The van der Waals surface area contributed by atoms with Gasteiger partial charge in [0.25, 0.3) is 5.91 Å². The maximum Gasteiger partial charge on any atom is 0.306 e. The maximum absolute atomic E-state index is 11.4. The summed E-state index contributed by atoms with van der Waals surface area (Å²) in [6.07, 6.45) is -0.238. The lowest BCUT2D eigenvalue weighted by Crippen LogP contribution is -2.30. The molecule has 5 nitrogen and oxygen atoms in total. The van der Waals surface area contributed by atoms with Gasteiger partial charge in [0, 0.05) is 6.42 Å². The van der Waals surface area contributed by atoms with E-state index < -0.39 is 18.0 Å². The molecule has 2 N–H and O–H groups in total. The van der Waals surface area contributed by atoms with E-state index in [2.05, 4.69) is 0 Å². The highest BCUT2D eigenvalue weighted by atomic mass is 16.5. The van der Waals surface area contributed by atoms with E-state index in [9.17, 15) is 9.59 Å². The number of rotatable bonds is 5. The molecule has 0 aliphatic rings. The second-order valence-corrected chi connectivity index (χ2v) is 3.84. The Bertz CT molecular complexity index is 474. The third-order valence-corrected chi connectivity index (χ3v) is 2.41. The average Bonchev–Trinajstić information content (AvgIpc) is 2.36. The van der Waals surface area contributed by atoms with Gasteiger partial charge in [-0.2, -0.15) is 5.26 Å². The van der Waals surface area contributed by atoms with E-state index >= 15 is 0 Å². The van der Waals surface area contributed by atoms with E-state index in [1.54, 1.807) is 24.3 Å². The summed E-state index contributed by atoms with van der Waals surface area (Å²) in [6.45, 7) is 1.43. The van der Waals surface area contributed by atoms with Crippen molar-refractivity contribution in [3.63, 3.8) is 0 Å². The Morgan fingerprint density at radius 3 is 2.50 bits per heavy atom. The quantitative estimate of drug-likeness (QED) is 0.781. The van der Waals surface area contributed by atoms with Gasteiger partial charge in [-0.1, -0.05) is 12.1 Å². The summed E-state index contributed by atoms with van der Waals surface area (Å²) in [6, 6.07) is 8.95. The van der Waals surface area contributed by atoms with E-state index in [1.807, 2.05) is 6.07 Å². The van der Waals surface area contributed by atoms with Gasteiger partial charge in [0.1, 0.15) is 0 Å². The van der Waals surface area contributed by atoms with Gasteiger partial charge in [-0.3, -0.25) is 9.59 Å². The lowest BCUT2D eigenvalue weighted by Gasteiger charge is -2.09. The molecule has 0 saturated heterocycles. The van der Waals surface area contributed by atoms with Crippen molar-refractivity contribution in [2.24, 2.45) is 5.73 Å². The molecule has 1 atom stereocenters. The molecule has 5 heteroatoms. The maximum atomic E-state index is 11.4. The number of esters is 1. The number of hydrogen-bond acceptors (Lipinski definition) is 4. The van der Waals surface area contributed by atoms with Crippen LogP contribution < -0.4 is 5.73 Å². The number of nitrogens with two attached hydrogens (primary N) is 1. The topological polar surface area (TPSA) is 93.2 Å². The second kappa shape index (κ2) is 6.40. The summed E-state index contributed by atoms with van der Waals surface area (Å²) in [5.74, 6) is -1.13. The number of nitriles is 1. The van der Waals surface area contributed by atoms with Gasteiger partial charge in [0.2, 0.25) is 0 Å². The lowest BCUT2D eigenvalue weighted by atomic mass is 10.1. The molecule has 0 aromatic heterocycles. The summed E-state index contributed by atoms with van der Waals surface area (Å²) < 4.78 is 4.81. The summed E-state index contributed by atoms with van der Waals surface area (Å²) >= 11 is 0. The Hall–Kier alpha value is -2.35. The first kappa shape index (κ1) is 13.7. The number of ether oxygens (including phenoxy) is 1. The number of carbonyl (C=O) groups excluding carboxylic acids is 2. The third-order valence-electron chi connectivity index (χ3n) is 2.41. The summed E-state index contributed by atoms with van der Waals surface area (Å²) in [4.78, 5) is 22.1. The van der Waals surface area contributed by atoms with Gasteiger partial charge in [0.05, 0.1) is 11.6 Å². The van der Waals surface area contributed by atoms with Crippen LogP contribution in [0.3, 0.4) is 0 Å². The van der Waals surface area contributed by atoms with Crippen molar-refractivity contribution < 1.29 is 14.3 Å². The molecular weight excluding hydrogens is 232 g/mol. The number of aryl methyl sites for hydroxylation is 1. The van der Waals surface area contributed by atoms with Gasteiger partial charge in [-0.25, -0.2) is 0 Å². The Labute approximate surface area is 105 Å². The molecule has 0 fully saturated rings. The first-order chi connectivity index (χ1) is 8.52. The number of carbonyl (C=O) groups is 2. The molecule has 1 aromatic carbocycles. The van der Waals surface area contributed by atoms with Crippen LogP contribution >= 0.6 is 0 Å². The van der Waals surface area contributed by atoms with Crippen molar-refractivity contribution in [3.05, 3.63) is 35.4 Å². The minimum absolute atomic E-state index is 0.170. The van der Waals surface area contributed by atoms with Crippen LogP contribution in [0.25, 0.3) is 0 Å². The van der Waals surface area contributed by atoms with Crippen LogP contribution in [0.4, 0.5) is 0 Å². The average molecular weight is 246 g/mol. The van der Waals surface area contributed by atoms with Gasteiger partial charge in [0.15, 0.2) is 6.10 Å². The molecule has 1 rings (SSSR count). The molecule has 18 heavy (non-hydrogen) atoms. The predicted octanol–water partition coefficient (Wildman–Crippen LogP) is 0.908. The van der Waals surface area contributed by atoms with E-state index in [4.69, 9.17) is 15.7 Å². The standard InChI is InChI=1S/C13H14N2O3/c1-9(13(15)17)18-12(16)7-6-10-2-4-11(8-14)5-3-10/h2-5,9H,6-7H2,1H3,(H2,15,17)/t9-/m0/s1. The zero-order valence-electron chi connectivity index (χ0n) is 10.1. The summed E-state index contributed by atoms with van der Waals surface area (Å²) in [5.41, 5.74) is 6.48. The Kier molecular flexibility index (Phi) is 4.88. The van der Waals surface area contributed by atoms with Crippen molar-refractivity contribution in [2.45, 2.75) is 25.9 Å². The molecular formula is C13H14N2O3. The molecule has 0 unspecified atom stereocenters. The molecule has 94 valence electrons. The molecule has 0 radical (unpaired) electrons. The number of benzene rings is 1. The van der Waals surface area contributed by atoms with Crippen LogP contribution in [0.5, 0.6) is 0 Å². The van der Waals surface area contributed by atoms with E-state index in [1.165, 1.54) is 6.92 Å².